The van der Waals surface area contributed by atoms with Gasteiger partial charge in [-0.05, 0) is 72.6 Å². The van der Waals surface area contributed by atoms with Gasteiger partial charge in [-0.1, -0.05) is 30.3 Å². The Morgan fingerprint density at radius 2 is 1.79 bits per heavy atom. The molecule has 2 aromatic carbocycles. The summed E-state index contributed by atoms with van der Waals surface area (Å²) in [5.74, 6) is 1.18. The summed E-state index contributed by atoms with van der Waals surface area (Å²) in [7, 11) is 0. The highest BCUT2D eigenvalue weighted by Gasteiger charge is 2.25. The first-order valence-corrected chi connectivity index (χ1v) is 10.6. The maximum atomic E-state index is 12.9. The lowest BCUT2D eigenvalue weighted by atomic mass is 10.1. The van der Waals surface area contributed by atoms with Crippen molar-refractivity contribution in [2.75, 3.05) is 19.6 Å². The van der Waals surface area contributed by atoms with Crippen molar-refractivity contribution in [1.29, 1.82) is 0 Å². The smallest absolute Gasteiger partial charge is 0.255 e. The van der Waals surface area contributed by atoms with Gasteiger partial charge in [-0.25, -0.2) is 0 Å². The summed E-state index contributed by atoms with van der Waals surface area (Å²) in [4.78, 5) is 15.4. The molecule has 0 spiro atoms. The van der Waals surface area contributed by atoms with E-state index >= 15 is 0 Å². The van der Waals surface area contributed by atoms with E-state index in [2.05, 4.69) is 27.0 Å². The lowest BCUT2D eigenvalue weighted by Crippen LogP contribution is -2.36. The number of nitrogens with one attached hydrogen (secondary N) is 1. The van der Waals surface area contributed by atoms with Crippen molar-refractivity contribution in [3.05, 3.63) is 82.6 Å². The molecule has 0 saturated carbocycles. The Hall–Kier alpha value is -2.63. The van der Waals surface area contributed by atoms with Crippen LogP contribution in [-0.2, 0) is 0 Å². The molecule has 1 amide bonds. The minimum absolute atomic E-state index is 0.106. The number of hydrogen-bond donors (Lipinski definition) is 1. The Morgan fingerprint density at radius 3 is 2.54 bits per heavy atom. The van der Waals surface area contributed by atoms with Gasteiger partial charge in [0.25, 0.3) is 5.91 Å². The first-order chi connectivity index (χ1) is 13.8. The molecule has 1 unspecified atom stereocenters. The molecule has 1 aliphatic heterocycles. The van der Waals surface area contributed by atoms with Gasteiger partial charge in [0, 0.05) is 6.54 Å². The molecular weight excluding hydrogens is 368 g/mol. The third-order valence-corrected chi connectivity index (χ3v) is 5.77. The molecule has 1 atom stereocenters. The highest BCUT2D eigenvalue weighted by molar-refractivity contribution is 7.07. The van der Waals surface area contributed by atoms with Crippen molar-refractivity contribution in [2.45, 2.75) is 18.9 Å². The second kappa shape index (κ2) is 9.04. The van der Waals surface area contributed by atoms with Crippen LogP contribution < -0.4 is 10.1 Å². The molecule has 1 aliphatic rings. The van der Waals surface area contributed by atoms with Gasteiger partial charge in [-0.15, -0.1) is 0 Å². The van der Waals surface area contributed by atoms with Gasteiger partial charge in [0.15, 0.2) is 0 Å². The van der Waals surface area contributed by atoms with Crippen molar-refractivity contribution < 1.29 is 9.53 Å². The SMILES string of the molecule is O=C(NCC(c1ccsc1)N1CCCC1)c1ccccc1Oc1ccccc1. The third kappa shape index (κ3) is 4.43. The van der Waals surface area contributed by atoms with E-state index in [4.69, 9.17) is 4.74 Å². The van der Waals surface area contributed by atoms with Gasteiger partial charge >= 0.3 is 0 Å². The summed E-state index contributed by atoms with van der Waals surface area (Å²) in [5, 5.41) is 7.42. The summed E-state index contributed by atoms with van der Waals surface area (Å²) in [6.07, 6.45) is 2.45. The standard InChI is InChI=1S/C23H24N2O2S/c26-23(20-10-4-5-11-22(20)27-19-8-2-1-3-9-19)24-16-21(18-12-15-28-17-18)25-13-6-7-14-25/h1-5,8-12,15,17,21H,6-7,13-14,16H2,(H,24,26). The molecule has 5 heteroatoms. The van der Waals surface area contributed by atoms with E-state index in [0.717, 1.165) is 18.8 Å². The van der Waals surface area contributed by atoms with Crippen molar-refractivity contribution in [1.82, 2.24) is 10.2 Å². The number of carbonyl (C=O) groups is 1. The van der Waals surface area contributed by atoms with Gasteiger partial charge in [0.2, 0.25) is 0 Å². The van der Waals surface area contributed by atoms with E-state index in [1.54, 1.807) is 11.3 Å². The van der Waals surface area contributed by atoms with E-state index in [1.165, 1.54) is 18.4 Å². The van der Waals surface area contributed by atoms with Gasteiger partial charge in [0.05, 0.1) is 11.6 Å². The van der Waals surface area contributed by atoms with E-state index in [-0.39, 0.29) is 11.9 Å². The monoisotopic (exact) mass is 392 g/mol. The second-order valence-corrected chi connectivity index (χ2v) is 7.72. The zero-order valence-corrected chi connectivity index (χ0v) is 16.5. The molecule has 1 saturated heterocycles. The molecule has 0 radical (unpaired) electrons. The lowest BCUT2D eigenvalue weighted by Gasteiger charge is -2.27. The number of benzene rings is 2. The first kappa shape index (κ1) is 18.7. The molecule has 144 valence electrons. The minimum Gasteiger partial charge on any atom is -0.457 e. The number of carbonyl (C=O) groups excluding carboxylic acids is 1. The van der Waals surface area contributed by atoms with Crippen molar-refractivity contribution in [2.24, 2.45) is 0 Å². The van der Waals surface area contributed by atoms with Crippen molar-refractivity contribution in [3.8, 4) is 11.5 Å². The number of rotatable bonds is 7. The van der Waals surface area contributed by atoms with E-state index in [0.29, 0.717) is 17.9 Å². The Morgan fingerprint density at radius 1 is 1.04 bits per heavy atom. The molecule has 1 aromatic heterocycles. The number of ether oxygens (including phenoxy) is 1. The number of thiophene rings is 1. The summed E-state index contributed by atoms with van der Waals surface area (Å²) in [6, 6.07) is 19.3. The van der Waals surface area contributed by atoms with Crippen LogP contribution in [0.1, 0.15) is 34.8 Å². The lowest BCUT2D eigenvalue weighted by molar-refractivity contribution is 0.0935. The number of hydrogen-bond acceptors (Lipinski definition) is 4. The molecule has 2 heterocycles. The summed E-state index contributed by atoms with van der Waals surface area (Å²) < 4.78 is 5.94. The number of likely N-dealkylation sites (tertiary alicyclic amines) is 1. The predicted octanol–water partition coefficient (Wildman–Crippen LogP) is 5.11. The first-order valence-electron chi connectivity index (χ1n) is 9.67. The Kier molecular flexibility index (Phi) is 6.04. The maximum Gasteiger partial charge on any atom is 0.255 e. The number of amides is 1. The van der Waals surface area contributed by atoms with E-state index in [1.807, 2.05) is 54.6 Å². The van der Waals surface area contributed by atoms with Crippen molar-refractivity contribution >= 4 is 17.2 Å². The van der Waals surface area contributed by atoms with Crippen LogP contribution in [0.4, 0.5) is 0 Å². The maximum absolute atomic E-state index is 12.9. The van der Waals surface area contributed by atoms with Gasteiger partial charge in [0.1, 0.15) is 11.5 Å². The molecule has 0 bridgehead atoms. The molecule has 0 aliphatic carbocycles. The quantitative estimate of drug-likeness (QED) is 0.608. The van der Waals surface area contributed by atoms with Gasteiger partial charge < -0.3 is 10.1 Å². The Bertz CT molecular complexity index is 890. The third-order valence-electron chi connectivity index (χ3n) is 5.07. The topological polar surface area (TPSA) is 41.6 Å². The minimum atomic E-state index is -0.106. The zero-order chi connectivity index (χ0) is 19.2. The summed E-state index contributed by atoms with van der Waals surface area (Å²) in [6.45, 7) is 2.77. The molecule has 1 fully saturated rings. The molecular formula is C23H24N2O2S. The van der Waals surface area contributed by atoms with Crippen LogP contribution in [0.2, 0.25) is 0 Å². The average molecular weight is 393 g/mol. The summed E-state index contributed by atoms with van der Waals surface area (Å²) >= 11 is 1.70. The second-order valence-electron chi connectivity index (χ2n) is 6.94. The largest absolute Gasteiger partial charge is 0.457 e. The van der Waals surface area contributed by atoms with Crippen LogP contribution >= 0.6 is 11.3 Å². The highest BCUT2D eigenvalue weighted by atomic mass is 32.1. The summed E-state index contributed by atoms with van der Waals surface area (Å²) in [5.41, 5.74) is 1.83. The van der Waals surface area contributed by atoms with Gasteiger partial charge in [-0.2, -0.15) is 11.3 Å². The fourth-order valence-corrected chi connectivity index (χ4v) is 4.33. The zero-order valence-electron chi connectivity index (χ0n) is 15.7. The van der Waals surface area contributed by atoms with Crippen molar-refractivity contribution in [3.63, 3.8) is 0 Å². The number of para-hydroxylation sites is 2. The van der Waals surface area contributed by atoms with Crippen LogP contribution in [0.25, 0.3) is 0 Å². The molecule has 4 rings (SSSR count). The molecule has 3 aromatic rings. The van der Waals surface area contributed by atoms with Crippen LogP contribution in [0.5, 0.6) is 11.5 Å². The average Bonchev–Trinajstić information content (AvgIpc) is 3.44. The fraction of sp³-hybridized carbons (Fsp3) is 0.261. The Labute approximate surface area is 169 Å². The Balaban J connectivity index is 1.47. The van der Waals surface area contributed by atoms with E-state index in [9.17, 15) is 4.79 Å². The van der Waals surface area contributed by atoms with E-state index < -0.39 is 0 Å². The van der Waals surface area contributed by atoms with Crippen LogP contribution in [-0.4, -0.2) is 30.4 Å². The number of nitrogens with zero attached hydrogens (tertiary/aromatic N) is 1. The molecule has 28 heavy (non-hydrogen) atoms. The van der Waals surface area contributed by atoms with Crippen LogP contribution in [0.15, 0.2) is 71.4 Å². The van der Waals surface area contributed by atoms with Gasteiger partial charge in [-0.3, -0.25) is 9.69 Å². The molecule has 1 N–H and O–H groups in total. The predicted molar refractivity (Wildman–Crippen MR) is 113 cm³/mol. The highest BCUT2D eigenvalue weighted by Crippen LogP contribution is 2.28. The van der Waals surface area contributed by atoms with Crippen LogP contribution in [0.3, 0.4) is 0 Å². The molecule has 4 nitrogen and oxygen atoms in total. The fourth-order valence-electron chi connectivity index (χ4n) is 3.62. The normalized spacial score (nSPS) is 15.3. The van der Waals surface area contributed by atoms with Crippen LogP contribution in [0, 0.1) is 0 Å².